The largest absolute Gasteiger partial charge is 0.378 e. The lowest BCUT2D eigenvalue weighted by Crippen LogP contribution is -2.59. The maximum absolute atomic E-state index is 17.0. The first-order valence-electron chi connectivity index (χ1n) is 13.9. The van der Waals surface area contributed by atoms with Gasteiger partial charge in [-0.05, 0) is 28.9 Å². The Kier molecular flexibility index (Phi) is 8.84. The van der Waals surface area contributed by atoms with Gasteiger partial charge in [0.25, 0.3) is 5.85 Å². The lowest BCUT2D eigenvalue weighted by Gasteiger charge is -2.47. The van der Waals surface area contributed by atoms with Crippen molar-refractivity contribution in [3.8, 4) is 0 Å². The molecule has 2 aromatic carbocycles. The van der Waals surface area contributed by atoms with Crippen molar-refractivity contribution in [3.05, 3.63) is 87.8 Å². The molecule has 0 N–H and O–H groups in total. The lowest BCUT2D eigenvalue weighted by molar-refractivity contribution is -0.0990. The quantitative estimate of drug-likeness (QED) is 0.146. The first-order chi connectivity index (χ1) is 19.2. The Morgan fingerprint density at radius 2 is 1.46 bits per heavy atom. The van der Waals surface area contributed by atoms with E-state index in [4.69, 9.17) is 4.43 Å². The second-order valence-corrected chi connectivity index (χ2v) is 21.9. The minimum atomic E-state index is -4.07. The zero-order chi connectivity index (χ0) is 30.5. The van der Waals surface area contributed by atoms with Crippen molar-refractivity contribution in [1.29, 1.82) is 0 Å². The summed E-state index contributed by atoms with van der Waals surface area (Å²) in [6.45, 7) is 9.62. The molecule has 2 aliphatic rings. The molecule has 1 nitrogen and oxygen atoms in total. The van der Waals surface area contributed by atoms with E-state index in [9.17, 15) is 13.2 Å². The second-order valence-electron chi connectivity index (χ2n) is 11.5. The van der Waals surface area contributed by atoms with Crippen LogP contribution in [-0.4, -0.2) is 28.4 Å². The van der Waals surface area contributed by atoms with Crippen molar-refractivity contribution < 1.29 is 39.5 Å². The van der Waals surface area contributed by atoms with Crippen LogP contribution in [0.4, 0.5) is 35.1 Å². The summed E-state index contributed by atoms with van der Waals surface area (Å²) in [5.41, 5.74) is -3.88. The minimum Gasteiger partial charge on any atom is -0.378 e. The lowest BCUT2D eigenvalue weighted by atomic mass is 9.89. The standard InChI is InChI=1S/C30H34F8OSi2/c1-6-40(7-2,8-3)16-41(17(4)5,15-18-12-10-9-11-13-18)39-30(38)28(36)22-21-19(14-20(31)25(33)26(21)34)24(32)23(22)27(35)29(30)37/h9-14,17,24,28H,6-8,15-16H2,1-5H3. The predicted octanol–water partition coefficient (Wildman–Crippen LogP) is 10.3. The van der Waals surface area contributed by atoms with Crippen LogP contribution >= 0.6 is 0 Å². The fourth-order valence-corrected chi connectivity index (χ4v) is 20.8. The Bertz CT molecular complexity index is 1370. The zero-order valence-electron chi connectivity index (χ0n) is 23.7. The van der Waals surface area contributed by atoms with Gasteiger partial charge in [0, 0.05) is 22.3 Å². The summed E-state index contributed by atoms with van der Waals surface area (Å²) >= 11 is 0. The van der Waals surface area contributed by atoms with Gasteiger partial charge in [0.1, 0.15) is 0 Å². The summed E-state index contributed by atoms with van der Waals surface area (Å²) in [5.74, 6) is -14.3. The molecule has 2 aromatic rings. The maximum Gasteiger partial charge on any atom is 0.291 e. The molecule has 4 unspecified atom stereocenters. The third-order valence-corrected chi connectivity index (χ3v) is 23.0. The predicted molar refractivity (Wildman–Crippen MR) is 149 cm³/mol. The monoisotopic (exact) mass is 618 g/mol. The van der Waals surface area contributed by atoms with Crippen LogP contribution in [0.15, 0.2) is 53.6 Å². The van der Waals surface area contributed by atoms with Gasteiger partial charge in [0.15, 0.2) is 35.6 Å². The average Bonchev–Trinajstić information content (AvgIpc) is 3.25. The number of allylic oxidation sites excluding steroid dienone is 2. The van der Waals surface area contributed by atoms with Crippen LogP contribution in [0.3, 0.4) is 0 Å². The van der Waals surface area contributed by atoms with E-state index in [0.717, 1.165) is 23.7 Å². The molecule has 41 heavy (non-hydrogen) atoms. The number of fused-ring (bicyclic) bond motifs is 2. The Balaban J connectivity index is 1.91. The normalized spacial score (nSPS) is 24.1. The average molecular weight is 619 g/mol. The second kappa shape index (κ2) is 11.4. The number of hydrogen-bond donors (Lipinski definition) is 0. The van der Waals surface area contributed by atoms with Crippen LogP contribution in [0.2, 0.25) is 29.3 Å². The third-order valence-electron chi connectivity index (χ3n) is 9.26. The van der Waals surface area contributed by atoms with Crippen LogP contribution in [0.1, 0.15) is 57.5 Å². The number of alkyl halides is 3. The molecule has 2 aliphatic carbocycles. The number of hydrogen-bond acceptors (Lipinski definition) is 1. The highest BCUT2D eigenvalue weighted by atomic mass is 28.4. The van der Waals surface area contributed by atoms with Crippen LogP contribution < -0.4 is 0 Å². The molecule has 0 aliphatic heterocycles. The summed E-state index contributed by atoms with van der Waals surface area (Å²) in [4.78, 5) is 0. The number of benzene rings is 2. The van der Waals surface area contributed by atoms with Crippen molar-refractivity contribution in [3.63, 3.8) is 0 Å². The topological polar surface area (TPSA) is 9.23 Å². The highest BCUT2D eigenvalue weighted by molar-refractivity contribution is 6.95. The van der Waals surface area contributed by atoms with Crippen molar-refractivity contribution in [1.82, 2.24) is 0 Å². The van der Waals surface area contributed by atoms with Gasteiger partial charge in [-0.1, -0.05) is 83.1 Å². The Labute approximate surface area is 237 Å². The van der Waals surface area contributed by atoms with Gasteiger partial charge in [-0.2, -0.15) is 0 Å². The Hall–Kier alpha value is -2.25. The summed E-state index contributed by atoms with van der Waals surface area (Å²) in [5, 5.41) is 0. The van der Waals surface area contributed by atoms with Gasteiger partial charge in [0.2, 0.25) is 14.1 Å². The van der Waals surface area contributed by atoms with E-state index in [1.807, 2.05) is 20.8 Å². The molecule has 0 saturated carbocycles. The molecule has 4 rings (SSSR count). The number of rotatable bonds is 10. The van der Waals surface area contributed by atoms with Crippen LogP contribution in [0, 0.1) is 17.5 Å². The van der Waals surface area contributed by atoms with Crippen molar-refractivity contribution >= 4 is 22.0 Å². The Morgan fingerprint density at radius 1 is 0.878 bits per heavy atom. The summed E-state index contributed by atoms with van der Waals surface area (Å²) < 4.78 is 129. The molecule has 0 aromatic heterocycles. The van der Waals surface area contributed by atoms with Crippen molar-refractivity contribution in [2.24, 2.45) is 0 Å². The molecule has 0 heterocycles. The molecule has 0 bridgehead atoms. The SMILES string of the molecule is CC[Si](CC)(CC)C[Si](Cc1ccccc1)(OC1(F)C(F)=C(F)C2=C(c3c(cc(F)c(F)c3F)C2F)C1F)C(C)C. The van der Waals surface area contributed by atoms with Crippen LogP contribution in [0.5, 0.6) is 0 Å². The number of halogens is 8. The van der Waals surface area contributed by atoms with Gasteiger partial charge >= 0.3 is 0 Å². The fraction of sp³-hybridized carbons (Fsp3) is 0.467. The van der Waals surface area contributed by atoms with Crippen molar-refractivity contribution in [2.45, 2.75) is 88.2 Å². The summed E-state index contributed by atoms with van der Waals surface area (Å²) in [6.07, 6.45) is -5.96. The minimum absolute atomic E-state index is 0.163. The smallest absolute Gasteiger partial charge is 0.291 e. The van der Waals surface area contributed by atoms with E-state index >= 15 is 22.0 Å². The first kappa shape index (κ1) is 31.7. The molecule has 4 atom stereocenters. The molecule has 0 spiro atoms. The van der Waals surface area contributed by atoms with Gasteiger partial charge in [-0.3, -0.25) is 0 Å². The van der Waals surface area contributed by atoms with E-state index in [1.165, 1.54) is 0 Å². The highest BCUT2D eigenvalue weighted by Gasteiger charge is 2.62. The van der Waals surface area contributed by atoms with Crippen LogP contribution in [0.25, 0.3) is 5.57 Å². The first-order valence-corrected chi connectivity index (χ1v) is 19.1. The molecular formula is C30H34F8OSi2. The fourth-order valence-electron chi connectivity index (χ4n) is 6.33. The molecule has 0 fully saturated rings. The molecule has 0 radical (unpaired) electrons. The molecule has 0 saturated heterocycles. The molecule has 224 valence electrons. The van der Waals surface area contributed by atoms with Gasteiger partial charge in [-0.25, -0.2) is 35.1 Å². The van der Waals surface area contributed by atoms with E-state index in [-0.39, 0.29) is 12.1 Å². The molecule has 11 heteroatoms. The Morgan fingerprint density at radius 3 is 2.00 bits per heavy atom. The summed E-state index contributed by atoms with van der Waals surface area (Å²) in [7, 11) is -5.78. The van der Waals surface area contributed by atoms with Crippen LogP contribution in [-0.2, 0) is 10.5 Å². The third kappa shape index (κ3) is 5.05. The molecule has 0 amide bonds. The van der Waals surface area contributed by atoms with E-state index in [0.29, 0.717) is 5.67 Å². The van der Waals surface area contributed by atoms with Gasteiger partial charge in [0.05, 0.1) is 8.07 Å². The highest BCUT2D eigenvalue weighted by Crippen LogP contribution is 2.58. The van der Waals surface area contributed by atoms with E-state index in [2.05, 4.69) is 0 Å². The summed E-state index contributed by atoms with van der Waals surface area (Å²) in [6, 6.07) is 11.7. The van der Waals surface area contributed by atoms with E-state index in [1.54, 1.807) is 44.2 Å². The maximum atomic E-state index is 17.0. The van der Waals surface area contributed by atoms with E-state index < -0.39 is 91.5 Å². The molecular weight excluding hydrogens is 584 g/mol. The zero-order valence-corrected chi connectivity index (χ0v) is 25.7. The van der Waals surface area contributed by atoms with Gasteiger partial charge < -0.3 is 4.43 Å². The van der Waals surface area contributed by atoms with Crippen molar-refractivity contribution in [2.75, 3.05) is 0 Å². The van der Waals surface area contributed by atoms with Gasteiger partial charge in [-0.15, -0.1) is 0 Å².